The van der Waals surface area contributed by atoms with E-state index in [1.165, 1.54) is 0 Å². The van der Waals surface area contributed by atoms with Crippen LogP contribution in [0, 0.1) is 10.8 Å². The standard InChI is InChI=1S/C5H11N3/c1-2-4(6)3-5(7)8/h6H,2-3H2,1H3,(H3,7,8). The summed E-state index contributed by atoms with van der Waals surface area (Å²) in [6.07, 6.45) is 1.02. The summed E-state index contributed by atoms with van der Waals surface area (Å²) in [7, 11) is 0. The van der Waals surface area contributed by atoms with Crippen molar-refractivity contribution in [3.8, 4) is 0 Å². The molecule has 0 rings (SSSR count). The number of nitrogens with two attached hydrogens (primary N) is 1. The van der Waals surface area contributed by atoms with E-state index < -0.39 is 0 Å². The minimum atomic E-state index is 0.0804. The first-order chi connectivity index (χ1) is 3.66. The summed E-state index contributed by atoms with van der Waals surface area (Å²) in [5.74, 6) is 0.0804. The lowest BCUT2D eigenvalue weighted by Crippen LogP contribution is -2.13. The molecular weight excluding hydrogens is 102 g/mol. The fourth-order valence-corrected chi connectivity index (χ4v) is 0.355. The van der Waals surface area contributed by atoms with Crippen LogP contribution in [0.1, 0.15) is 19.8 Å². The molecule has 8 heavy (non-hydrogen) atoms. The van der Waals surface area contributed by atoms with Crippen molar-refractivity contribution in [1.29, 1.82) is 10.8 Å². The highest BCUT2D eigenvalue weighted by Gasteiger charge is 1.92. The van der Waals surface area contributed by atoms with E-state index in [4.69, 9.17) is 16.6 Å². The van der Waals surface area contributed by atoms with Crippen molar-refractivity contribution in [1.82, 2.24) is 0 Å². The number of hydrogen-bond donors (Lipinski definition) is 3. The molecule has 0 saturated carbocycles. The molecule has 0 radical (unpaired) electrons. The Morgan fingerprint density at radius 1 is 1.50 bits per heavy atom. The Kier molecular flexibility index (Phi) is 2.84. The molecule has 0 aliphatic carbocycles. The van der Waals surface area contributed by atoms with Gasteiger partial charge in [-0.3, -0.25) is 5.41 Å². The third-order valence-corrected chi connectivity index (χ3v) is 0.831. The van der Waals surface area contributed by atoms with Gasteiger partial charge < -0.3 is 11.1 Å². The number of rotatable bonds is 3. The maximum Gasteiger partial charge on any atom is 0.0962 e. The molecule has 0 unspecified atom stereocenters. The van der Waals surface area contributed by atoms with Crippen molar-refractivity contribution < 1.29 is 0 Å². The smallest absolute Gasteiger partial charge is 0.0962 e. The van der Waals surface area contributed by atoms with Crippen LogP contribution >= 0.6 is 0 Å². The van der Waals surface area contributed by atoms with E-state index in [0.717, 1.165) is 0 Å². The molecule has 0 aromatic carbocycles. The topological polar surface area (TPSA) is 73.7 Å². The first-order valence-electron chi connectivity index (χ1n) is 2.56. The maximum atomic E-state index is 7.05. The zero-order chi connectivity index (χ0) is 6.57. The number of hydrogen-bond acceptors (Lipinski definition) is 2. The van der Waals surface area contributed by atoms with Crippen LogP contribution in [0.2, 0.25) is 0 Å². The minimum Gasteiger partial charge on any atom is -0.387 e. The lowest BCUT2D eigenvalue weighted by Gasteiger charge is -1.94. The highest BCUT2D eigenvalue weighted by Crippen LogP contribution is 1.86. The predicted molar refractivity (Wildman–Crippen MR) is 34.5 cm³/mol. The molecule has 46 valence electrons. The van der Waals surface area contributed by atoms with Crippen molar-refractivity contribution in [3.63, 3.8) is 0 Å². The van der Waals surface area contributed by atoms with Gasteiger partial charge in [-0.2, -0.15) is 0 Å². The Bertz CT molecular complexity index is 106. The van der Waals surface area contributed by atoms with Crippen LogP contribution in [-0.2, 0) is 0 Å². The second-order valence-electron chi connectivity index (χ2n) is 1.66. The van der Waals surface area contributed by atoms with Gasteiger partial charge in [-0.15, -0.1) is 0 Å². The van der Waals surface area contributed by atoms with Gasteiger partial charge in [-0.25, -0.2) is 0 Å². The lowest BCUT2D eigenvalue weighted by molar-refractivity contribution is 1.18. The molecule has 4 N–H and O–H groups in total. The van der Waals surface area contributed by atoms with Gasteiger partial charge in [-0.1, -0.05) is 6.92 Å². The normalized spacial score (nSPS) is 8.62. The average Bonchev–Trinajstić information content (AvgIpc) is 1.65. The van der Waals surface area contributed by atoms with E-state index in [0.29, 0.717) is 18.6 Å². The van der Waals surface area contributed by atoms with Crippen molar-refractivity contribution in [2.45, 2.75) is 19.8 Å². The van der Waals surface area contributed by atoms with Crippen LogP contribution in [0.15, 0.2) is 0 Å². The SMILES string of the molecule is CCC(=N)CC(=N)N. The van der Waals surface area contributed by atoms with Crippen LogP contribution in [0.25, 0.3) is 0 Å². The largest absolute Gasteiger partial charge is 0.387 e. The molecule has 0 aliphatic rings. The monoisotopic (exact) mass is 113 g/mol. The lowest BCUT2D eigenvalue weighted by atomic mass is 10.2. The molecule has 3 nitrogen and oxygen atoms in total. The van der Waals surface area contributed by atoms with E-state index >= 15 is 0 Å². The Morgan fingerprint density at radius 3 is 2.12 bits per heavy atom. The Morgan fingerprint density at radius 2 is 2.00 bits per heavy atom. The second kappa shape index (κ2) is 3.18. The summed E-state index contributed by atoms with van der Waals surface area (Å²) in [5, 5.41) is 13.8. The number of nitrogens with one attached hydrogen (secondary N) is 2. The van der Waals surface area contributed by atoms with Crippen LogP contribution in [0.3, 0.4) is 0 Å². The Labute approximate surface area is 48.9 Å². The molecular formula is C5H11N3. The molecule has 0 fully saturated rings. The molecule has 3 heteroatoms. The second-order valence-corrected chi connectivity index (χ2v) is 1.66. The zero-order valence-electron chi connectivity index (χ0n) is 4.99. The molecule has 0 aliphatic heterocycles. The molecule has 0 bridgehead atoms. The van der Waals surface area contributed by atoms with Crippen molar-refractivity contribution in [2.24, 2.45) is 5.73 Å². The third kappa shape index (κ3) is 3.33. The Balaban J connectivity index is 3.40. The molecule has 0 saturated heterocycles. The van der Waals surface area contributed by atoms with Gasteiger partial charge in [0, 0.05) is 12.1 Å². The summed E-state index contributed by atoms with van der Waals surface area (Å²) >= 11 is 0. The van der Waals surface area contributed by atoms with Crippen LogP contribution in [0.4, 0.5) is 0 Å². The summed E-state index contributed by atoms with van der Waals surface area (Å²) in [4.78, 5) is 0. The van der Waals surface area contributed by atoms with E-state index in [1.54, 1.807) is 0 Å². The maximum absolute atomic E-state index is 7.05. The van der Waals surface area contributed by atoms with E-state index in [2.05, 4.69) is 0 Å². The molecule has 0 atom stereocenters. The summed E-state index contributed by atoms with van der Waals surface area (Å²) in [5.41, 5.74) is 5.54. The average molecular weight is 113 g/mol. The fraction of sp³-hybridized carbons (Fsp3) is 0.600. The van der Waals surface area contributed by atoms with Gasteiger partial charge >= 0.3 is 0 Å². The highest BCUT2D eigenvalue weighted by atomic mass is 14.7. The Hall–Kier alpha value is -0.860. The molecule has 0 heterocycles. The van der Waals surface area contributed by atoms with E-state index in [9.17, 15) is 0 Å². The van der Waals surface area contributed by atoms with Crippen LogP contribution in [0.5, 0.6) is 0 Å². The molecule has 0 aromatic heterocycles. The molecule has 0 amide bonds. The first-order valence-corrected chi connectivity index (χ1v) is 2.56. The van der Waals surface area contributed by atoms with Crippen molar-refractivity contribution >= 4 is 11.5 Å². The summed E-state index contributed by atoms with van der Waals surface area (Å²) in [6, 6.07) is 0. The van der Waals surface area contributed by atoms with Gasteiger partial charge in [0.1, 0.15) is 0 Å². The van der Waals surface area contributed by atoms with Crippen molar-refractivity contribution in [3.05, 3.63) is 0 Å². The quantitative estimate of drug-likeness (QED) is 0.366. The molecule has 0 aromatic rings. The number of amidine groups is 1. The van der Waals surface area contributed by atoms with Crippen molar-refractivity contribution in [2.75, 3.05) is 0 Å². The summed E-state index contributed by atoms with van der Waals surface area (Å²) in [6.45, 7) is 1.88. The minimum absolute atomic E-state index is 0.0804. The van der Waals surface area contributed by atoms with E-state index in [1.807, 2.05) is 6.92 Å². The zero-order valence-corrected chi connectivity index (χ0v) is 4.99. The van der Waals surface area contributed by atoms with Gasteiger partial charge in [0.2, 0.25) is 0 Å². The molecule has 0 spiro atoms. The predicted octanol–water partition coefficient (Wildman–Crippen LogP) is 0.742. The van der Waals surface area contributed by atoms with Crippen LogP contribution in [-0.4, -0.2) is 11.5 Å². The third-order valence-electron chi connectivity index (χ3n) is 0.831. The highest BCUT2D eigenvalue weighted by molar-refractivity contribution is 5.99. The van der Waals surface area contributed by atoms with Gasteiger partial charge in [-0.05, 0) is 6.42 Å². The van der Waals surface area contributed by atoms with Gasteiger partial charge in [0.05, 0.1) is 5.84 Å². The first kappa shape index (κ1) is 7.14. The van der Waals surface area contributed by atoms with Crippen LogP contribution < -0.4 is 5.73 Å². The van der Waals surface area contributed by atoms with Gasteiger partial charge in [0.25, 0.3) is 0 Å². The van der Waals surface area contributed by atoms with Gasteiger partial charge in [0.15, 0.2) is 0 Å². The van der Waals surface area contributed by atoms with E-state index in [-0.39, 0.29) is 5.84 Å². The fourth-order valence-electron chi connectivity index (χ4n) is 0.355. The summed E-state index contributed by atoms with van der Waals surface area (Å²) < 4.78 is 0.